The van der Waals surface area contributed by atoms with Crippen LogP contribution in [0.25, 0.3) is 0 Å². The van der Waals surface area contributed by atoms with Crippen molar-refractivity contribution in [2.45, 2.75) is 31.6 Å². The molecule has 1 aromatic rings. The Morgan fingerprint density at radius 1 is 1.29 bits per heavy atom. The summed E-state index contributed by atoms with van der Waals surface area (Å²) in [5.41, 5.74) is 2.63. The van der Waals surface area contributed by atoms with E-state index < -0.39 is 0 Å². The van der Waals surface area contributed by atoms with Crippen LogP contribution in [0, 0.1) is 6.92 Å². The number of nitrogens with one attached hydrogen (secondary N) is 1. The van der Waals surface area contributed by atoms with Gasteiger partial charge in [0.05, 0.1) is 0 Å². The lowest BCUT2D eigenvalue weighted by molar-refractivity contribution is 0.289. The summed E-state index contributed by atoms with van der Waals surface area (Å²) in [5.74, 6) is 1.04. The molecule has 0 amide bonds. The minimum atomic E-state index is 0.281. The van der Waals surface area contributed by atoms with Gasteiger partial charge in [-0.3, -0.25) is 0 Å². The third kappa shape index (κ3) is 5.11. The van der Waals surface area contributed by atoms with E-state index in [-0.39, 0.29) is 6.61 Å². The summed E-state index contributed by atoms with van der Waals surface area (Å²) in [4.78, 5) is 0. The van der Waals surface area contributed by atoms with Crippen LogP contribution in [0.2, 0.25) is 0 Å². The van der Waals surface area contributed by atoms with E-state index in [1.54, 1.807) is 0 Å². The summed E-state index contributed by atoms with van der Waals surface area (Å²) in [6.45, 7) is 4.56. The minimum absolute atomic E-state index is 0.281. The van der Waals surface area contributed by atoms with E-state index in [1.165, 1.54) is 11.1 Å². The molecule has 2 unspecified atom stereocenters. The monoisotopic (exact) mass is 253 g/mol. The molecule has 0 spiro atoms. The highest BCUT2D eigenvalue weighted by molar-refractivity contribution is 7.99. The number of benzene rings is 1. The summed E-state index contributed by atoms with van der Waals surface area (Å²) in [6, 6.07) is 9.08. The van der Waals surface area contributed by atoms with Gasteiger partial charge in [0, 0.05) is 23.7 Å². The zero-order chi connectivity index (χ0) is 12.7. The molecule has 0 fully saturated rings. The third-order valence-corrected chi connectivity index (χ3v) is 4.24. The summed E-state index contributed by atoms with van der Waals surface area (Å²) in [6.07, 6.45) is 0.870. The summed E-state index contributed by atoms with van der Waals surface area (Å²) in [7, 11) is 2.00. The smallest absolute Gasteiger partial charge is 0.0441 e. The lowest BCUT2D eigenvalue weighted by atomic mass is 10.1. The van der Waals surface area contributed by atoms with Crippen LogP contribution in [0.3, 0.4) is 0 Å². The molecule has 2 atom stereocenters. The molecule has 0 aromatic heterocycles. The number of aryl methyl sites for hydroxylation is 1. The van der Waals surface area contributed by atoms with Gasteiger partial charge < -0.3 is 10.4 Å². The molecule has 3 heteroatoms. The topological polar surface area (TPSA) is 32.3 Å². The van der Waals surface area contributed by atoms with Gasteiger partial charge >= 0.3 is 0 Å². The second-order valence-electron chi connectivity index (χ2n) is 4.41. The Balaban J connectivity index is 2.51. The predicted octanol–water partition coefficient (Wildman–Crippen LogP) is 2.76. The molecule has 2 nitrogen and oxygen atoms in total. The van der Waals surface area contributed by atoms with E-state index in [2.05, 4.69) is 43.4 Å². The predicted molar refractivity (Wildman–Crippen MR) is 76.6 cm³/mol. The number of thioether (sulfide) groups is 1. The van der Waals surface area contributed by atoms with Crippen LogP contribution in [0.1, 0.15) is 30.5 Å². The zero-order valence-electron chi connectivity index (χ0n) is 10.9. The fourth-order valence-electron chi connectivity index (χ4n) is 1.67. The molecule has 0 aliphatic heterocycles. The number of hydrogen-bond donors (Lipinski definition) is 2. The fraction of sp³-hybridized carbons (Fsp3) is 0.571. The first-order valence-corrected chi connectivity index (χ1v) is 7.18. The Morgan fingerprint density at radius 2 is 1.94 bits per heavy atom. The van der Waals surface area contributed by atoms with Crippen molar-refractivity contribution in [3.8, 4) is 0 Å². The van der Waals surface area contributed by atoms with Crippen LogP contribution in [0.5, 0.6) is 0 Å². The van der Waals surface area contributed by atoms with Gasteiger partial charge in [0.25, 0.3) is 0 Å². The Morgan fingerprint density at radius 3 is 2.47 bits per heavy atom. The number of aliphatic hydroxyl groups excluding tert-OH is 1. The highest BCUT2D eigenvalue weighted by atomic mass is 32.2. The van der Waals surface area contributed by atoms with Crippen molar-refractivity contribution in [2.24, 2.45) is 0 Å². The summed E-state index contributed by atoms with van der Waals surface area (Å²) < 4.78 is 0. The van der Waals surface area contributed by atoms with Crippen molar-refractivity contribution >= 4 is 11.8 Å². The lowest BCUT2D eigenvalue weighted by Gasteiger charge is -2.19. The second-order valence-corrected chi connectivity index (χ2v) is 5.88. The third-order valence-electron chi connectivity index (χ3n) is 2.91. The molecule has 2 N–H and O–H groups in total. The molecule has 1 rings (SSSR count). The van der Waals surface area contributed by atoms with E-state index in [0.29, 0.717) is 11.3 Å². The van der Waals surface area contributed by atoms with Crippen LogP contribution < -0.4 is 5.32 Å². The standard InChI is InChI=1S/C14H23NOS/c1-11-4-6-13(7-5-11)14(15-3)10-17-12(2)8-9-16/h4-7,12,14-16H,8-10H2,1-3H3. The molecular weight excluding hydrogens is 230 g/mol. The molecule has 0 heterocycles. The minimum Gasteiger partial charge on any atom is -0.396 e. The van der Waals surface area contributed by atoms with Gasteiger partial charge in [0.1, 0.15) is 0 Å². The van der Waals surface area contributed by atoms with Crippen molar-refractivity contribution in [3.63, 3.8) is 0 Å². The highest BCUT2D eigenvalue weighted by Crippen LogP contribution is 2.22. The average Bonchev–Trinajstić information content (AvgIpc) is 2.32. The van der Waals surface area contributed by atoms with Crippen molar-refractivity contribution in [2.75, 3.05) is 19.4 Å². The average molecular weight is 253 g/mol. The molecule has 1 aromatic carbocycles. The van der Waals surface area contributed by atoms with Gasteiger partial charge in [-0.05, 0) is 26.0 Å². The van der Waals surface area contributed by atoms with Crippen LogP contribution in [0.4, 0.5) is 0 Å². The van der Waals surface area contributed by atoms with Crippen molar-refractivity contribution in [1.29, 1.82) is 0 Å². The molecule has 17 heavy (non-hydrogen) atoms. The van der Waals surface area contributed by atoms with Crippen molar-refractivity contribution < 1.29 is 5.11 Å². The van der Waals surface area contributed by atoms with Crippen LogP contribution in [-0.4, -0.2) is 29.8 Å². The fourth-order valence-corrected chi connectivity index (χ4v) is 2.82. The normalized spacial score (nSPS) is 14.6. The van der Waals surface area contributed by atoms with Gasteiger partial charge in [-0.15, -0.1) is 0 Å². The molecule has 96 valence electrons. The Kier molecular flexibility index (Phi) is 6.63. The van der Waals surface area contributed by atoms with E-state index in [4.69, 9.17) is 5.11 Å². The van der Waals surface area contributed by atoms with Gasteiger partial charge in [-0.25, -0.2) is 0 Å². The summed E-state index contributed by atoms with van der Waals surface area (Å²) >= 11 is 1.91. The van der Waals surface area contributed by atoms with Gasteiger partial charge in [-0.1, -0.05) is 36.8 Å². The quantitative estimate of drug-likeness (QED) is 0.784. The van der Waals surface area contributed by atoms with E-state index in [1.807, 2.05) is 18.8 Å². The van der Waals surface area contributed by atoms with Gasteiger partial charge in [-0.2, -0.15) is 11.8 Å². The SMILES string of the molecule is CNC(CSC(C)CCO)c1ccc(C)cc1. The maximum atomic E-state index is 8.88. The molecule has 0 aliphatic carbocycles. The first-order chi connectivity index (χ1) is 8.17. The maximum absolute atomic E-state index is 8.88. The van der Waals surface area contributed by atoms with E-state index in [0.717, 1.165) is 12.2 Å². The molecule has 0 radical (unpaired) electrons. The van der Waals surface area contributed by atoms with Gasteiger partial charge in [0.2, 0.25) is 0 Å². The Bertz CT molecular complexity index is 313. The Labute approximate surface area is 109 Å². The molecule has 0 bridgehead atoms. The highest BCUT2D eigenvalue weighted by Gasteiger charge is 2.11. The number of rotatable bonds is 7. The number of aliphatic hydroxyl groups is 1. The lowest BCUT2D eigenvalue weighted by Crippen LogP contribution is -2.20. The first kappa shape index (κ1) is 14.6. The number of hydrogen-bond acceptors (Lipinski definition) is 3. The second kappa shape index (κ2) is 7.75. The Hall–Kier alpha value is -0.510. The molecule has 0 saturated carbocycles. The van der Waals surface area contributed by atoms with Crippen molar-refractivity contribution in [1.82, 2.24) is 5.32 Å². The zero-order valence-corrected chi connectivity index (χ0v) is 11.8. The van der Waals surface area contributed by atoms with E-state index in [9.17, 15) is 0 Å². The molecule has 0 saturated heterocycles. The maximum Gasteiger partial charge on any atom is 0.0441 e. The molecular formula is C14H23NOS. The van der Waals surface area contributed by atoms with Crippen LogP contribution >= 0.6 is 11.8 Å². The van der Waals surface area contributed by atoms with Crippen molar-refractivity contribution in [3.05, 3.63) is 35.4 Å². The largest absolute Gasteiger partial charge is 0.396 e. The molecule has 0 aliphatic rings. The van der Waals surface area contributed by atoms with Crippen LogP contribution in [-0.2, 0) is 0 Å². The van der Waals surface area contributed by atoms with E-state index >= 15 is 0 Å². The van der Waals surface area contributed by atoms with Gasteiger partial charge in [0.15, 0.2) is 0 Å². The summed E-state index contributed by atoms with van der Waals surface area (Å²) in [5, 5.41) is 12.7. The van der Waals surface area contributed by atoms with Crippen LogP contribution in [0.15, 0.2) is 24.3 Å². The first-order valence-electron chi connectivity index (χ1n) is 6.13.